The van der Waals surface area contributed by atoms with E-state index in [9.17, 15) is 22.8 Å². The summed E-state index contributed by atoms with van der Waals surface area (Å²) in [6.07, 6.45) is -4.69. The number of hydrogen-bond acceptors (Lipinski definition) is 4. The highest BCUT2D eigenvalue weighted by atomic mass is 35.5. The second-order valence-electron chi connectivity index (χ2n) is 5.42. The summed E-state index contributed by atoms with van der Waals surface area (Å²) >= 11 is 11.6. The van der Waals surface area contributed by atoms with Crippen molar-refractivity contribution in [3.05, 3.63) is 66.7 Å². The molecule has 0 aromatic carbocycles. The molecule has 0 amide bonds. The Morgan fingerprint density at radius 1 is 1.08 bits per heavy atom. The zero-order chi connectivity index (χ0) is 19.2. The molecule has 3 heterocycles. The highest BCUT2D eigenvalue weighted by molar-refractivity contribution is 6.32. The van der Waals surface area contributed by atoms with Crippen molar-refractivity contribution in [3.63, 3.8) is 0 Å². The van der Waals surface area contributed by atoms with Crippen molar-refractivity contribution in [1.29, 1.82) is 0 Å². The number of rotatable bonds is 2. The van der Waals surface area contributed by atoms with Crippen molar-refractivity contribution in [2.24, 2.45) is 7.05 Å². The van der Waals surface area contributed by atoms with Gasteiger partial charge in [0, 0.05) is 7.05 Å². The second-order valence-corrected chi connectivity index (χ2v) is 6.19. The summed E-state index contributed by atoms with van der Waals surface area (Å²) in [5.41, 5.74) is -2.69. The van der Waals surface area contributed by atoms with Crippen LogP contribution in [0.3, 0.4) is 0 Å². The number of aryl methyl sites for hydroxylation is 1. The van der Waals surface area contributed by atoms with Gasteiger partial charge in [-0.25, -0.2) is 14.8 Å². The average Bonchev–Trinajstić information content (AvgIpc) is 2.54. The summed E-state index contributed by atoms with van der Waals surface area (Å²) in [6.45, 7) is -0.176. The van der Waals surface area contributed by atoms with E-state index in [4.69, 9.17) is 23.2 Å². The van der Waals surface area contributed by atoms with Crippen LogP contribution in [-0.4, -0.2) is 19.1 Å². The Bertz CT molecular complexity index is 1120. The molecule has 11 heteroatoms. The predicted molar refractivity (Wildman–Crippen MR) is 89.6 cm³/mol. The van der Waals surface area contributed by atoms with Gasteiger partial charge in [0.05, 0.1) is 11.9 Å². The molecule has 0 saturated heterocycles. The molecule has 0 bridgehead atoms. The Balaban J connectivity index is 2.22. The minimum atomic E-state index is -4.69. The maximum Gasteiger partial charge on any atom is 0.433 e. The van der Waals surface area contributed by atoms with Gasteiger partial charge in [0.25, 0.3) is 5.56 Å². The van der Waals surface area contributed by atoms with E-state index in [2.05, 4.69) is 9.97 Å². The summed E-state index contributed by atoms with van der Waals surface area (Å²) < 4.78 is 40.2. The van der Waals surface area contributed by atoms with Crippen LogP contribution >= 0.6 is 23.2 Å². The molecule has 0 aliphatic rings. The molecule has 136 valence electrons. The summed E-state index contributed by atoms with van der Waals surface area (Å²) in [6, 6.07) is 4.54. The number of fused-ring (bicyclic) bond motifs is 1. The van der Waals surface area contributed by atoms with Crippen LogP contribution in [0.2, 0.25) is 10.3 Å². The maximum atomic E-state index is 12.8. The zero-order valence-electron chi connectivity index (χ0n) is 13.0. The first-order valence-corrected chi connectivity index (χ1v) is 7.83. The highest BCUT2D eigenvalue weighted by Crippen LogP contribution is 2.28. The molecular weight excluding hydrogens is 396 g/mol. The fourth-order valence-electron chi connectivity index (χ4n) is 2.46. The molecule has 0 spiro atoms. The van der Waals surface area contributed by atoms with Crippen LogP contribution < -0.4 is 11.2 Å². The number of hydrogen-bond donors (Lipinski definition) is 0. The Labute approximate surface area is 153 Å². The van der Waals surface area contributed by atoms with Gasteiger partial charge in [0.2, 0.25) is 0 Å². The van der Waals surface area contributed by atoms with E-state index in [1.54, 1.807) is 0 Å². The number of alkyl halides is 3. The predicted octanol–water partition coefficient (Wildman–Crippen LogP) is 2.86. The molecule has 26 heavy (non-hydrogen) atoms. The van der Waals surface area contributed by atoms with Crippen LogP contribution in [-0.2, 0) is 19.8 Å². The first-order chi connectivity index (χ1) is 12.1. The monoisotopic (exact) mass is 404 g/mol. The van der Waals surface area contributed by atoms with Crippen molar-refractivity contribution >= 4 is 34.2 Å². The number of nitrogens with zero attached hydrogens (tertiary/aromatic N) is 4. The third kappa shape index (κ3) is 3.32. The Hall–Kier alpha value is -2.39. The first kappa shape index (κ1) is 18.4. The van der Waals surface area contributed by atoms with Crippen molar-refractivity contribution in [2.45, 2.75) is 12.7 Å². The number of pyridine rings is 2. The van der Waals surface area contributed by atoms with Gasteiger partial charge in [-0.3, -0.25) is 13.9 Å². The average molecular weight is 405 g/mol. The Kier molecular flexibility index (Phi) is 4.53. The van der Waals surface area contributed by atoms with Crippen LogP contribution in [0.1, 0.15) is 11.3 Å². The Morgan fingerprint density at radius 3 is 2.27 bits per heavy atom. The van der Waals surface area contributed by atoms with Crippen LogP contribution in [0.15, 0.2) is 33.9 Å². The largest absolute Gasteiger partial charge is 0.433 e. The fraction of sp³-hybridized carbons (Fsp3) is 0.200. The minimum Gasteiger partial charge on any atom is -0.280 e. The van der Waals surface area contributed by atoms with Gasteiger partial charge in [-0.15, -0.1) is 0 Å². The smallest absolute Gasteiger partial charge is 0.280 e. The van der Waals surface area contributed by atoms with Crippen molar-refractivity contribution in [1.82, 2.24) is 19.1 Å². The molecule has 0 radical (unpaired) electrons. The van der Waals surface area contributed by atoms with Gasteiger partial charge in [-0.05, 0) is 29.8 Å². The third-order valence-corrected chi connectivity index (χ3v) is 4.03. The van der Waals surface area contributed by atoms with Crippen LogP contribution in [0, 0.1) is 0 Å². The molecule has 0 aliphatic heterocycles. The number of aromatic nitrogens is 4. The SMILES string of the molecule is Cn1c(=O)n(Cc2cc(Cl)nc(Cl)c2)c(=O)c2ccc(C(F)(F)F)nc21. The molecule has 0 aliphatic carbocycles. The molecule has 3 aromatic rings. The van der Waals surface area contributed by atoms with E-state index in [-0.39, 0.29) is 27.9 Å². The molecule has 3 rings (SSSR count). The van der Waals surface area contributed by atoms with Gasteiger partial charge < -0.3 is 0 Å². The van der Waals surface area contributed by atoms with Crippen LogP contribution in [0.25, 0.3) is 11.0 Å². The molecule has 3 aromatic heterocycles. The van der Waals surface area contributed by atoms with E-state index in [0.717, 1.165) is 15.2 Å². The molecular formula is C15H9Cl2F3N4O2. The minimum absolute atomic E-state index is 0.0784. The van der Waals surface area contributed by atoms with E-state index in [1.807, 2.05) is 0 Å². The van der Waals surface area contributed by atoms with Crippen molar-refractivity contribution < 1.29 is 13.2 Å². The first-order valence-electron chi connectivity index (χ1n) is 7.07. The lowest BCUT2D eigenvalue weighted by Crippen LogP contribution is -2.39. The van der Waals surface area contributed by atoms with Crippen molar-refractivity contribution in [3.8, 4) is 0 Å². The fourth-order valence-corrected chi connectivity index (χ4v) is 2.97. The van der Waals surface area contributed by atoms with E-state index in [1.165, 1.54) is 19.2 Å². The Morgan fingerprint density at radius 2 is 1.69 bits per heavy atom. The molecule has 0 fully saturated rings. The van der Waals surface area contributed by atoms with Crippen LogP contribution in [0.4, 0.5) is 13.2 Å². The topological polar surface area (TPSA) is 69.8 Å². The second kappa shape index (κ2) is 6.40. The summed E-state index contributed by atoms with van der Waals surface area (Å²) in [4.78, 5) is 32.2. The third-order valence-electron chi connectivity index (χ3n) is 3.64. The maximum absolute atomic E-state index is 12.8. The summed E-state index contributed by atoms with van der Waals surface area (Å²) in [7, 11) is 1.24. The van der Waals surface area contributed by atoms with Crippen molar-refractivity contribution in [2.75, 3.05) is 0 Å². The standard InChI is InChI=1S/C15H9Cl2F3N4O2/c1-23-12-8(2-3-9(21-12)15(18,19)20)13(25)24(14(23)26)6-7-4-10(16)22-11(17)5-7/h2-5H,6H2,1H3. The normalized spacial score (nSPS) is 11.9. The van der Waals surface area contributed by atoms with E-state index < -0.39 is 23.1 Å². The molecule has 0 saturated carbocycles. The van der Waals surface area contributed by atoms with Crippen LogP contribution in [0.5, 0.6) is 0 Å². The number of halogens is 5. The zero-order valence-corrected chi connectivity index (χ0v) is 14.5. The molecule has 0 unspecified atom stereocenters. The lowest BCUT2D eigenvalue weighted by molar-refractivity contribution is -0.141. The van der Waals surface area contributed by atoms with Gasteiger partial charge >= 0.3 is 11.9 Å². The molecule has 0 N–H and O–H groups in total. The summed E-state index contributed by atoms with van der Waals surface area (Å²) in [5, 5.41) is 0.0376. The lowest BCUT2D eigenvalue weighted by Gasteiger charge is -2.12. The molecule has 6 nitrogen and oxygen atoms in total. The van der Waals surface area contributed by atoms with E-state index in [0.29, 0.717) is 11.6 Å². The quantitative estimate of drug-likeness (QED) is 0.615. The van der Waals surface area contributed by atoms with Gasteiger partial charge in [0.1, 0.15) is 21.6 Å². The van der Waals surface area contributed by atoms with Gasteiger partial charge in [-0.2, -0.15) is 13.2 Å². The molecule has 0 atom stereocenters. The summed E-state index contributed by atoms with van der Waals surface area (Å²) in [5.74, 6) is 0. The highest BCUT2D eigenvalue weighted by Gasteiger charge is 2.33. The van der Waals surface area contributed by atoms with Gasteiger partial charge in [0.15, 0.2) is 0 Å². The lowest BCUT2D eigenvalue weighted by atomic mass is 10.2. The van der Waals surface area contributed by atoms with Gasteiger partial charge in [-0.1, -0.05) is 23.2 Å². The van der Waals surface area contributed by atoms with E-state index >= 15 is 0 Å².